The van der Waals surface area contributed by atoms with E-state index in [-0.39, 0.29) is 18.0 Å². The second-order valence-electron chi connectivity index (χ2n) is 7.07. The Morgan fingerprint density at radius 2 is 1.88 bits per heavy atom. The Morgan fingerprint density at radius 1 is 1.12 bits per heavy atom. The molecule has 1 unspecified atom stereocenters. The van der Waals surface area contributed by atoms with Crippen molar-refractivity contribution >= 4 is 5.91 Å². The molecular formula is C21H24N2O2. The van der Waals surface area contributed by atoms with Crippen molar-refractivity contribution in [1.29, 1.82) is 0 Å². The van der Waals surface area contributed by atoms with E-state index in [1.54, 1.807) is 0 Å². The largest absolute Gasteiger partial charge is 0.390 e. The van der Waals surface area contributed by atoms with E-state index >= 15 is 0 Å². The average molecular weight is 336 g/mol. The van der Waals surface area contributed by atoms with Gasteiger partial charge in [0.1, 0.15) is 0 Å². The van der Waals surface area contributed by atoms with Gasteiger partial charge in [-0.1, -0.05) is 54.6 Å². The van der Waals surface area contributed by atoms with E-state index in [0.717, 1.165) is 37.1 Å². The molecule has 4 rings (SSSR count). The van der Waals surface area contributed by atoms with Crippen molar-refractivity contribution in [2.75, 3.05) is 6.54 Å². The lowest BCUT2D eigenvalue weighted by Gasteiger charge is -2.26. The zero-order valence-electron chi connectivity index (χ0n) is 14.3. The molecule has 0 bridgehead atoms. The molecule has 1 heterocycles. The van der Waals surface area contributed by atoms with E-state index in [1.807, 2.05) is 42.5 Å². The van der Waals surface area contributed by atoms with Crippen LogP contribution in [0.5, 0.6) is 0 Å². The van der Waals surface area contributed by atoms with Crippen LogP contribution in [0.1, 0.15) is 35.6 Å². The molecule has 1 aliphatic heterocycles. The predicted octanol–water partition coefficient (Wildman–Crippen LogP) is 2.43. The van der Waals surface area contributed by atoms with Crippen molar-refractivity contribution < 1.29 is 9.90 Å². The van der Waals surface area contributed by atoms with Crippen LogP contribution in [0.15, 0.2) is 54.6 Å². The van der Waals surface area contributed by atoms with Gasteiger partial charge in [0.25, 0.3) is 0 Å². The van der Waals surface area contributed by atoms with Gasteiger partial charge in [-0.3, -0.25) is 9.69 Å². The molecule has 4 heteroatoms. The van der Waals surface area contributed by atoms with Crippen molar-refractivity contribution in [2.45, 2.75) is 44.0 Å². The Morgan fingerprint density at radius 3 is 2.72 bits per heavy atom. The molecule has 25 heavy (non-hydrogen) atoms. The summed E-state index contributed by atoms with van der Waals surface area (Å²) in [5.74, 6) is 0.0363. The summed E-state index contributed by atoms with van der Waals surface area (Å²) >= 11 is 0. The van der Waals surface area contributed by atoms with Crippen LogP contribution >= 0.6 is 0 Å². The number of aliphatic hydroxyl groups is 1. The van der Waals surface area contributed by atoms with E-state index in [4.69, 9.17) is 0 Å². The number of rotatable bonds is 4. The van der Waals surface area contributed by atoms with Crippen LogP contribution in [0.2, 0.25) is 0 Å². The van der Waals surface area contributed by atoms with Crippen LogP contribution in [0.4, 0.5) is 0 Å². The van der Waals surface area contributed by atoms with Crippen LogP contribution < -0.4 is 5.32 Å². The molecule has 4 nitrogen and oxygen atoms in total. The molecular weight excluding hydrogens is 312 g/mol. The van der Waals surface area contributed by atoms with Gasteiger partial charge in [0.15, 0.2) is 0 Å². The normalized spacial score (nSPS) is 25.7. The predicted molar refractivity (Wildman–Crippen MR) is 96.9 cm³/mol. The highest BCUT2D eigenvalue weighted by Gasteiger charge is 2.36. The minimum absolute atomic E-state index is 0.0363. The zero-order chi connectivity index (χ0) is 17.2. The molecule has 1 aliphatic carbocycles. The molecule has 2 N–H and O–H groups in total. The first-order valence-electron chi connectivity index (χ1n) is 9.06. The molecule has 1 amide bonds. The number of likely N-dealkylation sites (tertiary alicyclic amines) is 1. The summed E-state index contributed by atoms with van der Waals surface area (Å²) in [7, 11) is 0. The highest BCUT2D eigenvalue weighted by atomic mass is 16.3. The fourth-order valence-electron chi connectivity index (χ4n) is 4.13. The van der Waals surface area contributed by atoms with Crippen molar-refractivity contribution in [3.05, 3.63) is 71.3 Å². The molecule has 1 fully saturated rings. The highest BCUT2D eigenvalue weighted by Crippen LogP contribution is 2.32. The SMILES string of the molecule is O=C(N[C@H]1c2ccccc2C[C@H]1O)C1CCCN1Cc1ccccc1. The van der Waals surface area contributed by atoms with Gasteiger partial charge in [0, 0.05) is 13.0 Å². The number of carbonyl (C=O) groups excluding carboxylic acids is 1. The first kappa shape index (κ1) is 16.3. The monoisotopic (exact) mass is 336 g/mol. The Hall–Kier alpha value is -2.17. The third-order valence-electron chi connectivity index (χ3n) is 5.40. The summed E-state index contributed by atoms with van der Waals surface area (Å²) in [5, 5.41) is 13.5. The summed E-state index contributed by atoms with van der Waals surface area (Å²) in [6.45, 7) is 1.74. The fraction of sp³-hybridized carbons (Fsp3) is 0.381. The number of amides is 1. The summed E-state index contributed by atoms with van der Waals surface area (Å²) in [6.07, 6.45) is 1.99. The van der Waals surface area contributed by atoms with Crippen molar-refractivity contribution in [3.8, 4) is 0 Å². The number of hydrogen-bond acceptors (Lipinski definition) is 3. The van der Waals surface area contributed by atoms with E-state index in [2.05, 4.69) is 22.3 Å². The maximum atomic E-state index is 12.9. The maximum Gasteiger partial charge on any atom is 0.237 e. The number of fused-ring (bicyclic) bond motifs is 1. The van der Waals surface area contributed by atoms with Gasteiger partial charge in [0.2, 0.25) is 5.91 Å². The molecule has 1 saturated heterocycles. The van der Waals surface area contributed by atoms with E-state index in [9.17, 15) is 9.90 Å². The van der Waals surface area contributed by atoms with Gasteiger partial charge in [-0.2, -0.15) is 0 Å². The Kier molecular flexibility index (Phi) is 4.55. The Labute approximate surface area is 148 Å². The van der Waals surface area contributed by atoms with Crippen LogP contribution in [0.3, 0.4) is 0 Å². The quantitative estimate of drug-likeness (QED) is 0.902. The number of carbonyl (C=O) groups is 1. The van der Waals surface area contributed by atoms with Crippen LogP contribution in [0.25, 0.3) is 0 Å². The van der Waals surface area contributed by atoms with Crippen LogP contribution in [-0.2, 0) is 17.8 Å². The smallest absolute Gasteiger partial charge is 0.237 e. The summed E-state index contributed by atoms with van der Waals surface area (Å²) < 4.78 is 0. The number of nitrogens with zero attached hydrogens (tertiary/aromatic N) is 1. The highest BCUT2D eigenvalue weighted by molar-refractivity contribution is 5.82. The zero-order valence-corrected chi connectivity index (χ0v) is 14.3. The first-order chi connectivity index (χ1) is 12.2. The van der Waals surface area contributed by atoms with E-state index < -0.39 is 6.10 Å². The van der Waals surface area contributed by atoms with Crippen molar-refractivity contribution in [2.24, 2.45) is 0 Å². The maximum absolute atomic E-state index is 12.9. The standard InChI is InChI=1S/C21H24N2O2/c24-19-13-16-9-4-5-10-17(16)20(19)22-21(25)18-11-6-12-23(18)14-15-7-2-1-3-8-15/h1-5,7-10,18-20,24H,6,11-14H2,(H,22,25)/t18?,19-,20+/m1/s1. The lowest BCUT2D eigenvalue weighted by molar-refractivity contribution is -0.127. The van der Waals surface area contributed by atoms with E-state index in [1.165, 1.54) is 5.56 Å². The molecule has 2 aromatic rings. The second-order valence-corrected chi connectivity index (χ2v) is 7.07. The minimum Gasteiger partial charge on any atom is -0.390 e. The third-order valence-corrected chi connectivity index (χ3v) is 5.40. The van der Waals surface area contributed by atoms with Gasteiger partial charge in [-0.05, 0) is 36.1 Å². The lowest BCUT2D eigenvalue weighted by Crippen LogP contribution is -2.45. The number of aliphatic hydroxyl groups excluding tert-OH is 1. The first-order valence-corrected chi connectivity index (χ1v) is 9.06. The summed E-state index contributed by atoms with van der Waals surface area (Å²) in [5.41, 5.74) is 3.41. The molecule has 0 spiro atoms. The van der Waals surface area contributed by atoms with E-state index in [0.29, 0.717) is 6.42 Å². The molecule has 0 aromatic heterocycles. The van der Waals surface area contributed by atoms with Crippen molar-refractivity contribution in [3.63, 3.8) is 0 Å². The molecule has 130 valence electrons. The van der Waals surface area contributed by atoms with Crippen molar-refractivity contribution in [1.82, 2.24) is 10.2 Å². The third kappa shape index (κ3) is 3.32. The van der Waals surface area contributed by atoms with Gasteiger partial charge >= 0.3 is 0 Å². The molecule has 3 atom stereocenters. The number of nitrogens with one attached hydrogen (secondary N) is 1. The second kappa shape index (κ2) is 6.98. The number of benzene rings is 2. The fourth-order valence-corrected chi connectivity index (χ4v) is 4.13. The summed E-state index contributed by atoms with van der Waals surface area (Å²) in [6, 6.07) is 17.9. The molecule has 0 saturated carbocycles. The lowest BCUT2D eigenvalue weighted by atomic mass is 10.1. The van der Waals surface area contributed by atoms with Gasteiger partial charge < -0.3 is 10.4 Å². The molecule has 2 aromatic carbocycles. The van der Waals surface area contributed by atoms with Gasteiger partial charge in [0.05, 0.1) is 18.2 Å². The minimum atomic E-state index is -0.537. The van der Waals surface area contributed by atoms with Gasteiger partial charge in [-0.25, -0.2) is 0 Å². The average Bonchev–Trinajstić information content (AvgIpc) is 3.21. The molecule has 0 radical (unpaired) electrons. The Balaban J connectivity index is 1.45. The van der Waals surface area contributed by atoms with Crippen LogP contribution in [-0.4, -0.2) is 34.6 Å². The summed E-state index contributed by atoms with van der Waals surface area (Å²) in [4.78, 5) is 15.1. The molecule has 2 aliphatic rings. The van der Waals surface area contributed by atoms with Crippen LogP contribution in [0, 0.1) is 0 Å². The Bertz CT molecular complexity index is 747. The van der Waals surface area contributed by atoms with Gasteiger partial charge in [-0.15, -0.1) is 0 Å². The topological polar surface area (TPSA) is 52.6 Å². The number of hydrogen-bond donors (Lipinski definition) is 2.